The van der Waals surface area contributed by atoms with Gasteiger partial charge in [-0.05, 0) is 29.1 Å². The van der Waals surface area contributed by atoms with E-state index in [1.807, 2.05) is 24.3 Å². The lowest BCUT2D eigenvalue weighted by atomic mass is 10.0. The first kappa shape index (κ1) is 16.0. The van der Waals surface area contributed by atoms with Gasteiger partial charge in [-0.25, -0.2) is 9.18 Å². The van der Waals surface area contributed by atoms with Crippen LogP contribution in [0.3, 0.4) is 0 Å². The molecule has 0 radical (unpaired) electrons. The van der Waals surface area contributed by atoms with E-state index in [1.165, 1.54) is 18.3 Å². The number of carbonyl (C=O) groups is 1. The summed E-state index contributed by atoms with van der Waals surface area (Å²) >= 11 is 0. The van der Waals surface area contributed by atoms with Crippen LogP contribution >= 0.6 is 0 Å². The largest absolute Gasteiger partial charge is 0.477 e. The number of hydrogen-bond acceptors (Lipinski definition) is 2. The van der Waals surface area contributed by atoms with Crippen LogP contribution in [0.15, 0.2) is 71.7 Å². The molecule has 26 heavy (non-hydrogen) atoms. The number of benzene rings is 3. The van der Waals surface area contributed by atoms with Crippen LogP contribution in [-0.2, 0) is 6.54 Å². The van der Waals surface area contributed by atoms with Gasteiger partial charge in [0.25, 0.3) is 0 Å². The number of rotatable bonds is 3. The van der Waals surface area contributed by atoms with Gasteiger partial charge in [0.1, 0.15) is 11.4 Å². The Kier molecular flexibility index (Phi) is 3.77. The summed E-state index contributed by atoms with van der Waals surface area (Å²) < 4.78 is 15.3. The fourth-order valence-electron chi connectivity index (χ4n) is 3.28. The molecule has 3 aromatic carbocycles. The van der Waals surface area contributed by atoms with Gasteiger partial charge in [0, 0.05) is 23.5 Å². The van der Waals surface area contributed by atoms with Crippen molar-refractivity contribution in [1.82, 2.24) is 4.57 Å². The molecule has 0 bridgehead atoms. The molecule has 0 amide bonds. The van der Waals surface area contributed by atoms with Crippen molar-refractivity contribution >= 4 is 27.6 Å². The Morgan fingerprint density at radius 2 is 1.81 bits per heavy atom. The summed E-state index contributed by atoms with van der Waals surface area (Å²) in [6.07, 6.45) is 1.34. The minimum absolute atomic E-state index is 0.253. The number of pyridine rings is 1. The summed E-state index contributed by atoms with van der Waals surface area (Å²) in [4.78, 5) is 24.1. The summed E-state index contributed by atoms with van der Waals surface area (Å²) in [6.45, 7) is 0.253. The number of aromatic nitrogens is 1. The predicted octanol–water partition coefficient (Wildman–Crippen LogP) is 4.04. The van der Waals surface area contributed by atoms with E-state index in [-0.39, 0.29) is 17.9 Å². The summed E-state index contributed by atoms with van der Waals surface area (Å²) in [7, 11) is 0. The molecule has 4 aromatic rings. The Morgan fingerprint density at radius 1 is 1.00 bits per heavy atom. The van der Waals surface area contributed by atoms with Gasteiger partial charge in [-0.3, -0.25) is 4.79 Å². The second-order valence-electron chi connectivity index (χ2n) is 6.12. The van der Waals surface area contributed by atoms with Gasteiger partial charge in [0.2, 0.25) is 5.43 Å². The zero-order valence-corrected chi connectivity index (χ0v) is 13.6. The number of aromatic carboxylic acids is 1. The molecular weight excluding hydrogens is 333 g/mol. The van der Waals surface area contributed by atoms with Crippen LogP contribution < -0.4 is 5.43 Å². The van der Waals surface area contributed by atoms with Crippen LogP contribution in [0, 0.1) is 5.82 Å². The minimum atomic E-state index is -1.28. The number of fused-ring (bicyclic) bond motifs is 3. The first-order chi connectivity index (χ1) is 12.5. The van der Waals surface area contributed by atoms with E-state index in [2.05, 4.69) is 0 Å². The second-order valence-corrected chi connectivity index (χ2v) is 6.12. The Hall–Kier alpha value is -3.47. The van der Waals surface area contributed by atoms with Crippen LogP contribution in [0.1, 0.15) is 15.9 Å². The van der Waals surface area contributed by atoms with Crippen molar-refractivity contribution in [3.8, 4) is 0 Å². The highest BCUT2D eigenvalue weighted by Gasteiger charge is 2.16. The Bertz CT molecular complexity index is 1230. The van der Waals surface area contributed by atoms with Crippen LogP contribution in [0.2, 0.25) is 0 Å². The van der Waals surface area contributed by atoms with Gasteiger partial charge in [0.05, 0.1) is 5.52 Å². The molecule has 0 unspecified atom stereocenters. The minimum Gasteiger partial charge on any atom is -0.477 e. The molecule has 0 saturated heterocycles. The van der Waals surface area contributed by atoms with E-state index in [0.29, 0.717) is 16.5 Å². The molecule has 0 aliphatic carbocycles. The van der Waals surface area contributed by atoms with E-state index in [4.69, 9.17) is 0 Å². The van der Waals surface area contributed by atoms with Crippen molar-refractivity contribution in [2.75, 3.05) is 0 Å². The SMILES string of the molecule is O=C(O)c1cn(Cc2cccc(F)c2)c2c(ccc3ccccc32)c1=O. The highest BCUT2D eigenvalue weighted by Crippen LogP contribution is 2.25. The van der Waals surface area contributed by atoms with Gasteiger partial charge in [-0.15, -0.1) is 0 Å². The lowest BCUT2D eigenvalue weighted by Crippen LogP contribution is -2.19. The number of halogens is 1. The van der Waals surface area contributed by atoms with E-state index in [0.717, 1.165) is 10.8 Å². The maximum absolute atomic E-state index is 13.6. The molecular formula is C21H14FNO3. The third kappa shape index (κ3) is 2.63. The van der Waals surface area contributed by atoms with E-state index in [9.17, 15) is 19.1 Å². The van der Waals surface area contributed by atoms with Gasteiger partial charge in [0.15, 0.2) is 0 Å². The quantitative estimate of drug-likeness (QED) is 0.569. The third-order valence-electron chi connectivity index (χ3n) is 4.43. The number of hydrogen-bond donors (Lipinski definition) is 1. The average Bonchev–Trinajstić information content (AvgIpc) is 2.63. The zero-order chi connectivity index (χ0) is 18.3. The maximum Gasteiger partial charge on any atom is 0.341 e. The molecule has 0 aliphatic heterocycles. The molecule has 5 heteroatoms. The Labute approximate surface area is 147 Å². The topological polar surface area (TPSA) is 59.3 Å². The molecule has 4 rings (SSSR count). The highest BCUT2D eigenvalue weighted by molar-refractivity contribution is 6.06. The van der Waals surface area contributed by atoms with Gasteiger partial charge in [-0.2, -0.15) is 0 Å². The lowest BCUT2D eigenvalue weighted by Gasteiger charge is -2.15. The average molecular weight is 347 g/mol. The molecule has 128 valence electrons. The van der Waals surface area contributed by atoms with Crippen LogP contribution in [0.5, 0.6) is 0 Å². The summed E-state index contributed by atoms with van der Waals surface area (Å²) in [5, 5.41) is 11.5. The van der Waals surface area contributed by atoms with Gasteiger partial charge in [-0.1, -0.05) is 42.5 Å². The van der Waals surface area contributed by atoms with Gasteiger partial charge >= 0.3 is 5.97 Å². The smallest absolute Gasteiger partial charge is 0.341 e. The first-order valence-corrected chi connectivity index (χ1v) is 8.07. The molecule has 0 fully saturated rings. The molecule has 0 spiro atoms. The van der Waals surface area contributed by atoms with Crippen molar-refractivity contribution < 1.29 is 14.3 Å². The van der Waals surface area contributed by atoms with Crippen molar-refractivity contribution in [1.29, 1.82) is 0 Å². The number of carboxylic acids is 1. The van der Waals surface area contributed by atoms with Crippen molar-refractivity contribution in [2.24, 2.45) is 0 Å². The number of carboxylic acid groups (broad SMARTS) is 1. The highest BCUT2D eigenvalue weighted by atomic mass is 19.1. The standard InChI is InChI=1S/C21H14FNO3/c22-15-6-3-4-13(10-15)11-23-12-18(21(25)26)20(24)17-9-8-14-5-1-2-7-16(14)19(17)23/h1-10,12H,11H2,(H,25,26). The monoisotopic (exact) mass is 347 g/mol. The summed E-state index contributed by atoms with van der Waals surface area (Å²) in [6, 6.07) is 17.1. The maximum atomic E-state index is 13.6. The number of nitrogens with zero attached hydrogens (tertiary/aromatic N) is 1. The molecule has 0 saturated carbocycles. The fraction of sp³-hybridized carbons (Fsp3) is 0.0476. The molecule has 0 atom stereocenters. The fourth-order valence-corrected chi connectivity index (χ4v) is 3.28. The van der Waals surface area contributed by atoms with Crippen molar-refractivity contribution in [3.63, 3.8) is 0 Å². The summed E-state index contributed by atoms with van der Waals surface area (Å²) in [5.41, 5.74) is 0.500. The predicted molar refractivity (Wildman–Crippen MR) is 98.2 cm³/mol. The van der Waals surface area contributed by atoms with Crippen LogP contribution in [0.25, 0.3) is 21.7 Å². The van der Waals surface area contributed by atoms with Crippen LogP contribution in [-0.4, -0.2) is 15.6 Å². The van der Waals surface area contributed by atoms with E-state index >= 15 is 0 Å². The zero-order valence-electron chi connectivity index (χ0n) is 13.6. The second kappa shape index (κ2) is 6.11. The van der Waals surface area contributed by atoms with Crippen molar-refractivity contribution in [2.45, 2.75) is 6.54 Å². The first-order valence-electron chi connectivity index (χ1n) is 8.07. The van der Waals surface area contributed by atoms with Crippen LogP contribution in [0.4, 0.5) is 4.39 Å². The third-order valence-corrected chi connectivity index (χ3v) is 4.43. The molecule has 1 N–H and O–H groups in total. The van der Waals surface area contributed by atoms with E-state index in [1.54, 1.807) is 28.8 Å². The Balaban J connectivity index is 2.08. The van der Waals surface area contributed by atoms with Gasteiger partial charge < -0.3 is 9.67 Å². The summed E-state index contributed by atoms with van der Waals surface area (Å²) in [5.74, 6) is -1.64. The molecule has 4 nitrogen and oxygen atoms in total. The Morgan fingerprint density at radius 3 is 2.58 bits per heavy atom. The van der Waals surface area contributed by atoms with E-state index < -0.39 is 11.4 Å². The molecule has 0 aliphatic rings. The molecule has 1 heterocycles. The van der Waals surface area contributed by atoms with Crippen molar-refractivity contribution in [3.05, 3.63) is 94.0 Å². The normalized spacial score (nSPS) is 11.1. The lowest BCUT2D eigenvalue weighted by molar-refractivity contribution is 0.0695. The molecule has 1 aromatic heterocycles.